The Kier molecular flexibility index (Phi) is 5.91. The summed E-state index contributed by atoms with van der Waals surface area (Å²) in [6.07, 6.45) is 12.7. The highest BCUT2D eigenvalue weighted by atomic mass is 19.1. The molecule has 1 saturated heterocycles. The fourth-order valence-corrected chi connectivity index (χ4v) is 4.68. The maximum absolute atomic E-state index is 14.7. The van der Waals surface area contributed by atoms with Gasteiger partial charge in [0, 0.05) is 61.4 Å². The van der Waals surface area contributed by atoms with Crippen LogP contribution < -0.4 is 10.2 Å². The van der Waals surface area contributed by atoms with Gasteiger partial charge in [-0.2, -0.15) is 4.68 Å². The van der Waals surface area contributed by atoms with Gasteiger partial charge in [-0.3, -0.25) is 4.40 Å². The third-order valence-corrected chi connectivity index (χ3v) is 6.78. The minimum atomic E-state index is -0.456. The van der Waals surface area contributed by atoms with Gasteiger partial charge in [-0.25, -0.2) is 24.3 Å². The first-order valence-corrected chi connectivity index (χ1v) is 12.3. The zero-order valence-corrected chi connectivity index (χ0v) is 20.5. The number of hydrogen-bond donors (Lipinski definition) is 1. The number of halogens is 1. The molecule has 0 radical (unpaired) electrons. The average Bonchev–Trinajstić information content (AvgIpc) is 3.60. The van der Waals surface area contributed by atoms with Crippen LogP contribution in [0.15, 0.2) is 55.5 Å². The van der Waals surface area contributed by atoms with Crippen LogP contribution >= 0.6 is 0 Å². The summed E-state index contributed by atoms with van der Waals surface area (Å²) in [4.78, 5) is 20.5. The Bertz CT molecular complexity index is 1500. The number of rotatable bonds is 6. The molecule has 6 rings (SSSR count). The van der Waals surface area contributed by atoms with Gasteiger partial charge in [-0.1, -0.05) is 13.8 Å². The van der Waals surface area contributed by atoms with E-state index in [1.165, 1.54) is 17.1 Å². The van der Waals surface area contributed by atoms with Crippen LogP contribution in [0.3, 0.4) is 0 Å². The molecule has 0 spiro atoms. The zero-order chi connectivity index (χ0) is 25.4. The third-order valence-electron chi connectivity index (χ3n) is 6.78. The molecule has 1 fully saturated rings. The van der Waals surface area contributed by atoms with E-state index in [9.17, 15) is 4.39 Å². The molecule has 4 aromatic heterocycles. The van der Waals surface area contributed by atoms with Crippen LogP contribution in [0, 0.1) is 5.82 Å². The van der Waals surface area contributed by atoms with Gasteiger partial charge >= 0.3 is 0 Å². The van der Waals surface area contributed by atoms with E-state index in [1.807, 2.05) is 24.8 Å². The Morgan fingerprint density at radius 3 is 2.54 bits per heavy atom. The lowest BCUT2D eigenvalue weighted by Crippen LogP contribution is -2.34. The minimum absolute atomic E-state index is 0.262. The Morgan fingerprint density at radius 2 is 1.84 bits per heavy atom. The number of nitrogens with zero attached hydrogens (tertiary/aromatic N) is 10. The summed E-state index contributed by atoms with van der Waals surface area (Å²) in [6.45, 7) is 6.04. The Balaban J connectivity index is 1.18. The van der Waals surface area contributed by atoms with Gasteiger partial charge in [-0.05, 0) is 52.9 Å². The lowest BCUT2D eigenvalue weighted by atomic mass is 9.94. The fourth-order valence-electron chi connectivity index (χ4n) is 4.68. The molecular weight excluding hydrogens is 473 g/mol. The van der Waals surface area contributed by atoms with Crippen molar-refractivity contribution in [1.29, 1.82) is 0 Å². The Labute approximate surface area is 212 Å². The van der Waals surface area contributed by atoms with Crippen molar-refractivity contribution in [3.05, 3.63) is 72.6 Å². The van der Waals surface area contributed by atoms with Gasteiger partial charge < -0.3 is 10.2 Å². The number of imidazole rings is 1. The van der Waals surface area contributed by atoms with E-state index in [-0.39, 0.29) is 5.69 Å². The molecule has 0 amide bonds. The van der Waals surface area contributed by atoms with Crippen molar-refractivity contribution in [3.63, 3.8) is 0 Å². The molecule has 5 heterocycles. The van der Waals surface area contributed by atoms with E-state index in [4.69, 9.17) is 0 Å². The quantitative estimate of drug-likeness (QED) is 0.372. The molecule has 188 valence electrons. The first-order valence-electron chi connectivity index (χ1n) is 12.3. The number of benzene rings is 1. The van der Waals surface area contributed by atoms with Crippen LogP contribution in [0.1, 0.15) is 49.8 Å². The predicted molar refractivity (Wildman–Crippen MR) is 136 cm³/mol. The van der Waals surface area contributed by atoms with E-state index < -0.39 is 5.82 Å². The van der Waals surface area contributed by atoms with E-state index >= 15 is 0 Å². The van der Waals surface area contributed by atoms with Gasteiger partial charge in [0.2, 0.25) is 5.95 Å². The van der Waals surface area contributed by atoms with Crippen LogP contribution in [0.4, 0.5) is 21.8 Å². The maximum Gasteiger partial charge on any atom is 0.225 e. The van der Waals surface area contributed by atoms with Gasteiger partial charge in [0.05, 0.1) is 0 Å². The molecule has 12 heteroatoms. The van der Waals surface area contributed by atoms with E-state index in [0.29, 0.717) is 29.0 Å². The molecule has 1 aromatic carbocycles. The van der Waals surface area contributed by atoms with Gasteiger partial charge in [-0.15, -0.1) is 5.10 Å². The van der Waals surface area contributed by atoms with Crippen LogP contribution in [0.5, 0.6) is 0 Å². The molecule has 0 atom stereocenters. The maximum atomic E-state index is 14.7. The molecule has 0 saturated carbocycles. The molecule has 1 N–H and O–H groups in total. The van der Waals surface area contributed by atoms with Gasteiger partial charge in [0.1, 0.15) is 12.0 Å². The fraction of sp³-hybridized carbons (Fsp3) is 0.320. The van der Waals surface area contributed by atoms with Crippen LogP contribution in [-0.4, -0.2) is 57.6 Å². The summed E-state index contributed by atoms with van der Waals surface area (Å²) < 4.78 is 18.0. The molecule has 1 aliphatic heterocycles. The summed E-state index contributed by atoms with van der Waals surface area (Å²) in [5, 5.41) is 14.0. The summed E-state index contributed by atoms with van der Waals surface area (Å²) in [5.41, 5.74) is 3.79. The van der Waals surface area contributed by atoms with Crippen molar-refractivity contribution < 1.29 is 4.39 Å². The zero-order valence-electron chi connectivity index (χ0n) is 20.5. The number of fused-ring (bicyclic) bond motifs is 1. The normalized spacial score (nSPS) is 14.5. The molecular formula is C25H26FN11. The second-order valence-corrected chi connectivity index (χ2v) is 9.43. The van der Waals surface area contributed by atoms with Gasteiger partial charge in [0.15, 0.2) is 17.3 Å². The molecule has 0 unspecified atom stereocenters. The predicted octanol–water partition coefficient (Wildman–Crippen LogP) is 3.89. The van der Waals surface area contributed by atoms with Gasteiger partial charge in [0.25, 0.3) is 0 Å². The van der Waals surface area contributed by atoms with Crippen LogP contribution in [0.2, 0.25) is 0 Å². The number of piperidine rings is 1. The summed E-state index contributed by atoms with van der Waals surface area (Å²) in [6, 6.07) is 4.75. The number of nitrogens with one attached hydrogen (secondary N) is 1. The third kappa shape index (κ3) is 4.46. The van der Waals surface area contributed by atoms with Crippen LogP contribution in [-0.2, 0) is 0 Å². The van der Waals surface area contributed by atoms with Crippen LogP contribution in [0.25, 0.3) is 11.3 Å². The summed E-state index contributed by atoms with van der Waals surface area (Å²) in [5.74, 6) is 1.65. The number of aromatic nitrogens is 9. The molecule has 5 aromatic rings. The lowest BCUT2D eigenvalue weighted by Gasteiger charge is -2.31. The molecule has 1 aliphatic rings. The summed E-state index contributed by atoms with van der Waals surface area (Å²) >= 11 is 0. The van der Waals surface area contributed by atoms with Crippen molar-refractivity contribution in [3.8, 4) is 5.69 Å². The molecule has 11 nitrogen and oxygen atoms in total. The lowest BCUT2D eigenvalue weighted by molar-refractivity contribution is 0.488. The number of hydrogen-bond acceptors (Lipinski definition) is 9. The van der Waals surface area contributed by atoms with E-state index in [2.05, 4.69) is 63.9 Å². The molecule has 0 aliphatic carbocycles. The smallest absolute Gasteiger partial charge is 0.225 e. The standard InChI is InChI=1S/C25H26FN11/c1-16(2)18-12-29-25(30-13-18)35-8-5-17(6-9-35)22-14-28-24-23(27-7-10-36(22)24)32-19-3-4-21(20(26)11-19)37-15-31-33-34-37/h3-4,7,10-17H,5-6,8-9H2,1-2H3,(H,27,32). The second kappa shape index (κ2) is 9.52. The Hall–Kier alpha value is -4.48. The SMILES string of the molecule is CC(C)c1cnc(N2CCC(c3cnc4c(Nc5ccc(-n6cnnn6)c(F)c5)nccn34)CC2)nc1. The van der Waals surface area contributed by atoms with Crippen molar-refractivity contribution in [2.75, 3.05) is 23.3 Å². The first-order chi connectivity index (χ1) is 18.1. The largest absolute Gasteiger partial charge is 0.341 e. The summed E-state index contributed by atoms with van der Waals surface area (Å²) in [7, 11) is 0. The molecule has 37 heavy (non-hydrogen) atoms. The van der Waals surface area contributed by atoms with Crippen molar-refractivity contribution in [2.24, 2.45) is 0 Å². The number of anilines is 3. The highest BCUT2D eigenvalue weighted by molar-refractivity contribution is 5.70. The monoisotopic (exact) mass is 499 g/mol. The highest BCUT2D eigenvalue weighted by Crippen LogP contribution is 2.31. The highest BCUT2D eigenvalue weighted by Gasteiger charge is 2.25. The van der Waals surface area contributed by atoms with Crippen molar-refractivity contribution in [1.82, 2.24) is 44.5 Å². The first kappa shape index (κ1) is 23.0. The average molecular weight is 500 g/mol. The number of tetrazole rings is 1. The van der Waals surface area contributed by atoms with E-state index in [0.717, 1.165) is 43.1 Å². The second-order valence-electron chi connectivity index (χ2n) is 9.43. The topological polar surface area (TPSA) is 115 Å². The van der Waals surface area contributed by atoms with Crippen molar-refractivity contribution in [2.45, 2.75) is 38.5 Å². The minimum Gasteiger partial charge on any atom is -0.341 e. The molecule has 0 bridgehead atoms. The van der Waals surface area contributed by atoms with Crippen molar-refractivity contribution >= 4 is 23.1 Å². The Morgan fingerprint density at radius 1 is 1.03 bits per heavy atom. The van der Waals surface area contributed by atoms with E-state index in [1.54, 1.807) is 18.3 Å².